The molecule has 4 amide bonds. The molecule has 4 rings (SSSR count). The van der Waals surface area contributed by atoms with E-state index >= 15 is 4.39 Å². The van der Waals surface area contributed by atoms with Crippen molar-refractivity contribution in [3.8, 4) is 5.75 Å². The Morgan fingerprint density at radius 1 is 1.14 bits per heavy atom. The van der Waals surface area contributed by atoms with Crippen LogP contribution in [0.3, 0.4) is 0 Å². The number of pyridine rings is 1. The lowest BCUT2D eigenvalue weighted by Crippen LogP contribution is -2.50. The van der Waals surface area contributed by atoms with Crippen molar-refractivity contribution in [1.82, 2.24) is 20.5 Å². The molecule has 1 atom stereocenters. The van der Waals surface area contributed by atoms with E-state index in [0.717, 1.165) is 23.0 Å². The number of benzene rings is 1. The fourth-order valence-corrected chi connectivity index (χ4v) is 4.90. The Bertz CT molecular complexity index is 1190. The Morgan fingerprint density at radius 2 is 1.83 bits per heavy atom. The van der Waals surface area contributed by atoms with E-state index in [1.165, 1.54) is 13.2 Å². The molecule has 35 heavy (non-hydrogen) atoms. The molecule has 2 N–H and O–H groups in total. The van der Waals surface area contributed by atoms with Crippen LogP contribution in [0.5, 0.6) is 5.75 Å². The average molecular weight is 484 g/mol. The van der Waals surface area contributed by atoms with Crippen LogP contribution >= 0.6 is 0 Å². The van der Waals surface area contributed by atoms with Gasteiger partial charge in [0.15, 0.2) is 5.54 Å². The molecule has 0 radical (unpaired) electrons. The van der Waals surface area contributed by atoms with E-state index in [0.29, 0.717) is 26.2 Å². The van der Waals surface area contributed by atoms with Crippen molar-refractivity contribution < 1.29 is 23.5 Å². The minimum Gasteiger partial charge on any atom is -0.496 e. The highest BCUT2D eigenvalue weighted by atomic mass is 19.1. The van der Waals surface area contributed by atoms with Gasteiger partial charge in [0, 0.05) is 37.9 Å². The highest BCUT2D eigenvalue weighted by Crippen LogP contribution is 2.39. The van der Waals surface area contributed by atoms with Crippen molar-refractivity contribution >= 4 is 23.7 Å². The second kappa shape index (κ2) is 9.16. The Hall–Kier alpha value is -3.69. The molecule has 0 bridgehead atoms. The van der Waals surface area contributed by atoms with Gasteiger partial charge in [0.1, 0.15) is 17.4 Å². The zero-order chi connectivity index (χ0) is 25.5. The summed E-state index contributed by atoms with van der Waals surface area (Å²) < 4.78 is 20.8. The molecule has 1 aromatic heterocycles. The van der Waals surface area contributed by atoms with Gasteiger partial charge >= 0.3 is 6.03 Å². The molecular weight excluding hydrogens is 453 g/mol. The third kappa shape index (κ3) is 4.17. The molecule has 0 saturated carbocycles. The number of nitrogens with zero attached hydrogens (tertiary/aromatic N) is 3. The molecule has 1 aromatic carbocycles. The van der Waals surface area contributed by atoms with Crippen LogP contribution in [0.25, 0.3) is 0 Å². The van der Waals surface area contributed by atoms with Crippen LogP contribution in [-0.4, -0.2) is 61.0 Å². The van der Waals surface area contributed by atoms with Crippen LogP contribution in [0.2, 0.25) is 0 Å². The fraction of sp³-hybridized carbons (Fsp3) is 0.440. The monoisotopic (exact) mass is 483 g/mol. The predicted molar refractivity (Wildman–Crippen MR) is 128 cm³/mol. The highest BCUT2D eigenvalue weighted by Gasteiger charge is 2.52. The number of rotatable bonds is 5. The number of anilines is 1. The molecule has 2 aliphatic heterocycles. The topological polar surface area (TPSA) is 104 Å². The molecule has 186 valence electrons. The van der Waals surface area contributed by atoms with Crippen molar-refractivity contribution in [2.75, 3.05) is 38.2 Å². The predicted octanol–water partition coefficient (Wildman–Crippen LogP) is 2.50. The molecule has 3 heterocycles. The first-order chi connectivity index (χ1) is 16.6. The molecule has 9 nitrogen and oxygen atoms in total. The van der Waals surface area contributed by atoms with Crippen molar-refractivity contribution in [2.45, 2.75) is 33.2 Å². The average Bonchev–Trinajstić information content (AvgIpc) is 3.13. The van der Waals surface area contributed by atoms with Crippen LogP contribution in [0.4, 0.5) is 15.0 Å². The number of ether oxygens (including phenoxy) is 1. The minimum absolute atomic E-state index is 0.146. The molecule has 1 unspecified atom stereocenters. The van der Waals surface area contributed by atoms with Gasteiger partial charge in [0.05, 0.1) is 12.7 Å². The van der Waals surface area contributed by atoms with Gasteiger partial charge in [-0.3, -0.25) is 14.9 Å². The number of imide groups is 1. The molecule has 2 fully saturated rings. The van der Waals surface area contributed by atoms with E-state index in [2.05, 4.69) is 26.6 Å². The maximum absolute atomic E-state index is 15.3. The molecule has 2 saturated heterocycles. The first-order valence-electron chi connectivity index (χ1n) is 11.6. The number of aryl methyl sites for hydroxylation is 2. The van der Waals surface area contributed by atoms with Gasteiger partial charge in [-0.15, -0.1) is 0 Å². The lowest BCUT2D eigenvalue weighted by Gasteiger charge is -2.36. The van der Waals surface area contributed by atoms with Crippen molar-refractivity contribution in [1.29, 1.82) is 0 Å². The number of carbonyl (C=O) groups is 3. The summed E-state index contributed by atoms with van der Waals surface area (Å²) in [5.74, 6) is -1.20. The number of hydrogen-bond donors (Lipinski definition) is 2. The van der Waals surface area contributed by atoms with Gasteiger partial charge in [0.2, 0.25) is 0 Å². The second-order valence-corrected chi connectivity index (χ2v) is 9.34. The quantitative estimate of drug-likeness (QED) is 0.634. The summed E-state index contributed by atoms with van der Waals surface area (Å²) in [7, 11) is 1.38. The van der Waals surface area contributed by atoms with Crippen LogP contribution < -0.4 is 20.3 Å². The molecule has 0 aliphatic carbocycles. The van der Waals surface area contributed by atoms with Gasteiger partial charge < -0.3 is 19.9 Å². The van der Waals surface area contributed by atoms with E-state index in [-0.39, 0.29) is 16.9 Å². The number of halogens is 1. The fourth-order valence-electron chi connectivity index (χ4n) is 4.90. The molecule has 0 spiro atoms. The van der Waals surface area contributed by atoms with Gasteiger partial charge in [0.25, 0.3) is 11.8 Å². The smallest absolute Gasteiger partial charge is 0.322 e. The normalized spacial score (nSPS) is 20.2. The van der Waals surface area contributed by atoms with E-state index < -0.39 is 35.1 Å². The van der Waals surface area contributed by atoms with E-state index in [1.54, 1.807) is 18.7 Å². The summed E-state index contributed by atoms with van der Waals surface area (Å²) in [6, 6.07) is 3.84. The summed E-state index contributed by atoms with van der Waals surface area (Å²) >= 11 is 0. The van der Waals surface area contributed by atoms with Crippen LogP contribution in [0.15, 0.2) is 24.4 Å². The zero-order valence-corrected chi connectivity index (χ0v) is 20.6. The zero-order valence-electron chi connectivity index (χ0n) is 20.6. The first-order valence-corrected chi connectivity index (χ1v) is 11.6. The van der Waals surface area contributed by atoms with Crippen molar-refractivity contribution in [2.24, 2.45) is 5.92 Å². The molecular formula is C25H30FN5O4. The molecule has 2 aliphatic rings. The van der Waals surface area contributed by atoms with Crippen LogP contribution in [0.1, 0.15) is 40.9 Å². The Balaban J connectivity index is 1.59. The minimum atomic E-state index is -1.50. The largest absolute Gasteiger partial charge is 0.496 e. The Morgan fingerprint density at radius 3 is 2.37 bits per heavy atom. The number of hydrogen-bond acceptors (Lipinski definition) is 6. The molecule has 2 aromatic rings. The maximum Gasteiger partial charge on any atom is 0.322 e. The number of aromatic nitrogens is 1. The summed E-state index contributed by atoms with van der Waals surface area (Å²) in [5.41, 5.74) is 0.667. The van der Waals surface area contributed by atoms with Gasteiger partial charge in [-0.2, -0.15) is 0 Å². The van der Waals surface area contributed by atoms with Crippen LogP contribution in [-0.2, 0) is 10.3 Å². The second-order valence-electron chi connectivity index (χ2n) is 9.34. The lowest BCUT2D eigenvalue weighted by atomic mass is 9.79. The van der Waals surface area contributed by atoms with E-state index in [1.807, 2.05) is 20.0 Å². The standard InChI is InChI=1S/C25H30FN5O4/c1-14(2)25(23(33)28-24(34)29-25)18-12-19(26)17(11-20(18)35-5)22(32)31-8-6-30(7-9-31)21-16(4)10-15(3)13-27-21/h10-14H,6-9H2,1-5H3,(H2,28,29,33,34). The first kappa shape index (κ1) is 24.4. The van der Waals surface area contributed by atoms with Crippen LogP contribution in [0, 0.1) is 25.6 Å². The summed E-state index contributed by atoms with van der Waals surface area (Å²) in [6.45, 7) is 9.44. The van der Waals surface area contributed by atoms with Gasteiger partial charge in [-0.1, -0.05) is 19.9 Å². The third-order valence-corrected chi connectivity index (χ3v) is 6.76. The number of methoxy groups -OCH3 is 1. The number of carbonyl (C=O) groups excluding carboxylic acids is 3. The lowest BCUT2D eigenvalue weighted by molar-refractivity contribution is -0.125. The van der Waals surface area contributed by atoms with Crippen molar-refractivity contribution in [3.05, 3.63) is 52.5 Å². The maximum atomic E-state index is 15.3. The summed E-state index contributed by atoms with van der Waals surface area (Å²) in [4.78, 5) is 46.2. The number of piperazine rings is 1. The number of amides is 4. The Labute approximate surface area is 203 Å². The van der Waals surface area contributed by atoms with Gasteiger partial charge in [-0.05, 0) is 43.0 Å². The number of urea groups is 1. The van der Waals surface area contributed by atoms with E-state index in [9.17, 15) is 14.4 Å². The van der Waals surface area contributed by atoms with Crippen molar-refractivity contribution in [3.63, 3.8) is 0 Å². The SMILES string of the molecule is COc1cc(C(=O)N2CCN(c3ncc(C)cc3C)CC2)c(F)cc1C1(C(C)C)NC(=O)NC1=O. The van der Waals surface area contributed by atoms with E-state index in [4.69, 9.17) is 4.74 Å². The third-order valence-electron chi connectivity index (χ3n) is 6.76. The van der Waals surface area contributed by atoms with Gasteiger partial charge in [-0.25, -0.2) is 14.2 Å². The Kier molecular flexibility index (Phi) is 6.40. The number of nitrogens with one attached hydrogen (secondary N) is 2. The summed E-state index contributed by atoms with van der Waals surface area (Å²) in [5, 5.41) is 4.84. The molecule has 10 heteroatoms. The highest BCUT2D eigenvalue weighted by molar-refractivity contribution is 6.08. The summed E-state index contributed by atoms with van der Waals surface area (Å²) in [6.07, 6.45) is 1.82.